The molecule has 5 heteroatoms. The molecule has 0 aromatic heterocycles. The molecule has 4 nitrogen and oxygen atoms in total. The van der Waals surface area contributed by atoms with Crippen LogP contribution in [0.5, 0.6) is 0 Å². The van der Waals surface area contributed by atoms with E-state index in [1.54, 1.807) is 11.8 Å². The third kappa shape index (κ3) is 5.87. The van der Waals surface area contributed by atoms with Crippen molar-refractivity contribution >= 4 is 17.7 Å². The van der Waals surface area contributed by atoms with Crippen LogP contribution in [0.1, 0.15) is 13.3 Å². The first kappa shape index (κ1) is 9.74. The standard InChI is InChI=1S/C5H12N2O2S/c1-2-10-4-3-5(8)9-7-6/h7H,2-4,6H2,1H3. The average Bonchev–Trinajstić information content (AvgIpc) is 1.89. The van der Waals surface area contributed by atoms with Crippen LogP contribution < -0.4 is 11.4 Å². The molecule has 0 aliphatic heterocycles. The Morgan fingerprint density at radius 1 is 1.80 bits per heavy atom. The number of thioether (sulfide) groups is 1. The second-order valence-corrected chi connectivity index (χ2v) is 2.93. The minimum atomic E-state index is -0.316. The zero-order chi connectivity index (χ0) is 7.82. The Bertz CT molecular complexity index is 99.6. The Labute approximate surface area is 64.4 Å². The Kier molecular flexibility index (Phi) is 6.68. The summed E-state index contributed by atoms with van der Waals surface area (Å²) in [6.07, 6.45) is 0.405. The molecule has 0 amide bonds. The molecule has 0 saturated heterocycles. The van der Waals surface area contributed by atoms with E-state index >= 15 is 0 Å². The van der Waals surface area contributed by atoms with E-state index in [1.807, 2.05) is 12.5 Å². The molecule has 60 valence electrons. The maximum absolute atomic E-state index is 10.5. The monoisotopic (exact) mass is 164 g/mol. The van der Waals surface area contributed by atoms with Gasteiger partial charge in [-0.15, -0.1) is 0 Å². The molecule has 0 fully saturated rings. The fourth-order valence-corrected chi connectivity index (χ4v) is 1.02. The van der Waals surface area contributed by atoms with E-state index in [2.05, 4.69) is 4.84 Å². The summed E-state index contributed by atoms with van der Waals surface area (Å²) in [4.78, 5) is 14.8. The fraction of sp³-hybridized carbons (Fsp3) is 0.800. The second kappa shape index (κ2) is 6.85. The number of hydrogen-bond acceptors (Lipinski definition) is 5. The van der Waals surface area contributed by atoms with E-state index in [9.17, 15) is 4.79 Å². The van der Waals surface area contributed by atoms with Crippen molar-refractivity contribution in [2.24, 2.45) is 5.84 Å². The maximum atomic E-state index is 10.5. The average molecular weight is 164 g/mol. The molecule has 0 spiro atoms. The highest BCUT2D eigenvalue weighted by atomic mass is 32.2. The molecule has 0 aromatic carbocycles. The van der Waals surface area contributed by atoms with E-state index in [0.717, 1.165) is 11.5 Å². The Morgan fingerprint density at radius 3 is 3.00 bits per heavy atom. The van der Waals surface area contributed by atoms with Crippen LogP contribution in [-0.4, -0.2) is 17.5 Å². The highest BCUT2D eigenvalue weighted by Gasteiger charge is 1.99. The van der Waals surface area contributed by atoms with Gasteiger partial charge in [0.1, 0.15) is 0 Å². The molecule has 0 saturated carbocycles. The number of rotatable bonds is 5. The molecule has 0 unspecified atom stereocenters. The topological polar surface area (TPSA) is 64.3 Å². The molecule has 0 rings (SSSR count). The lowest BCUT2D eigenvalue weighted by Crippen LogP contribution is -2.26. The van der Waals surface area contributed by atoms with Crippen molar-refractivity contribution < 1.29 is 9.63 Å². The largest absolute Gasteiger partial charge is 0.356 e. The smallest absolute Gasteiger partial charge is 0.327 e. The lowest BCUT2D eigenvalue weighted by molar-refractivity contribution is -0.150. The molecule has 0 bridgehead atoms. The fourth-order valence-electron chi connectivity index (χ4n) is 0.417. The van der Waals surface area contributed by atoms with Crippen molar-refractivity contribution in [1.29, 1.82) is 0 Å². The summed E-state index contributed by atoms with van der Waals surface area (Å²) in [6, 6.07) is 0. The van der Waals surface area contributed by atoms with Gasteiger partial charge < -0.3 is 4.84 Å². The first-order chi connectivity index (χ1) is 4.81. The Hall–Kier alpha value is -0.260. The van der Waals surface area contributed by atoms with Gasteiger partial charge >= 0.3 is 5.97 Å². The highest BCUT2D eigenvalue weighted by molar-refractivity contribution is 7.99. The van der Waals surface area contributed by atoms with E-state index < -0.39 is 0 Å². The number of carbonyl (C=O) groups excluding carboxylic acids is 1. The van der Waals surface area contributed by atoms with Crippen molar-refractivity contribution in [3.05, 3.63) is 0 Å². The van der Waals surface area contributed by atoms with Crippen molar-refractivity contribution in [2.75, 3.05) is 11.5 Å². The van der Waals surface area contributed by atoms with Gasteiger partial charge in [0.2, 0.25) is 0 Å². The number of nitrogens with two attached hydrogens (primary N) is 1. The number of hydrazine groups is 1. The van der Waals surface area contributed by atoms with Gasteiger partial charge in [-0.3, -0.25) is 4.79 Å². The molecule has 0 atom stereocenters. The van der Waals surface area contributed by atoms with Gasteiger partial charge in [0, 0.05) is 5.75 Å². The van der Waals surface area contributed by atoms with Crippen LogP contribution in [-0.2, 0) is 9.63 Å². The second-order valence-electron chi connectivity index (χ2n) is 1.54. The Balaban J connectivity index is 3.05. The van der Waals surface area contributed by atoms with Crippen LogP contribution in [0, 0.1) is 0 Å². The molecule has 0 aromatic rings. The van der Waals surface area contributed by atoms with Crippen LogP contribution >= 0.6 is 11.8 Å². The summed E-state index contributed by atoms with van der Waals surface area (Å²) in [5, 5.41) is 0. The van der Waals surface area contributed by atoms with Gasteiger partial charge in [-0.1, -0.05) is 12.5 Å². The third-order valence-electron chi connectivity index (χ3n) is 0.827. The molecule has 0 heterocycles. The van der Waals surface area contributed by atoms with Crippen molar-refractivity contribution in [2.45, 2.75) is 13.3 Å². The number of nitrogens with one attached hydrogen (secondary N) is 1. The van der Waals surface area contributed by atoms with Gasteiger partial charge in [-0.25, -0.2) is 5.84 Å². The van der Waals surface area contributed by atoms with Gasteiger partial charge in [0.15, 0.2) is 0 Å². The van der Waals surface area contributed by atoms with Crippen LogP contribution in [0.4, 0.5) is 0 Å². The van der Waals surface area contributed by atoms with Crippen LogP contribution in [0.3, 0.4) is 0 Å². The summed E-state index contributed by atoms with van der Waals surface area (Å²) in [7, 11) is 0. The van der Waals surface area contributed by atoms with Gasteiger partial charge in [-0.2, -0.15) is 11.8 Å². The minimum absolute atomic E-state index is 0.316. The van der Waals surface area contributed by atoms with Crippen molar-refractivity contribution in [3.63, 3.8) is 0 Å². The van der Waals surface area contributed by atoms with Crippen LogP contribution in [0.25, 0.3) is 0 Å². The number of hydrogen-bond donors (Lipinski definition) is 2. The Morgan fingerprint density at radius 2 is 2.50 bits per heavy atom. The predicted molar refractivity (Wildman–Crippen MR) is 41.0 cm³/mol. The molecule has 0 aliphatic rings. The summed E-state index contributed by atoms with van der Waals surface area (Å²) >= 11 is 1.69. The van der Waals surface area contributed by atoms with E-state index in [-0.39, 0.29) is 5.97 Å². The summed E-state index contributed by atoms with van der Waals surface area (Å²) in [5.41, 5.74) is 1.84. The lowest BCUT2D eigenvalue weighted by Gasteiger charge is -1.98. The molecule has 0 radical (unpaired) electrons. The maximum Gasteiger partial charge on any atom is 0.327 e. The van der Waals surface area contributed by atoms with E-state index in [4.69, 9.17) is 5.84 Å². The quantitative estimate of drug-likeness (QED) is 0.341. The normalized spacial score (nSPS) is 9.40. The predicted octanol–water partition coefficient (Wildman–Crippen LogP) is 0.0511. The summed E-state index contributed by atoms with van der Waals surface area (Å²) < 4.78 is 0. The molecule has 3 N–H and O–H groups in total. The van der Waals surface area contributed by atoms with Crippen molar-refractivity contribution in [1.82, 2.24) is 5.59 Å². The first-order valence-electron chi connectivity index (χ1n) is 3.04. The lowest BCUT2D eigenvalue weighted by atomic mass is 10.5. The van der Waals surface area contributed by atoms with E-state index in [1.165, 1.54) is 0 Å². The van der Waals surface area contributed by atoms with Gasteiger partial charge in [-0.05, 0) is 5.75 Å². The van der Waals surface area contributed by atoms with E-state index in [0.29, 0.717) is 6.42 Å². The zero-order valence-electron chi connectivity index (χ0n) is 5.92. The molecular formula is C5H12N2O2S. The van der Waals surface area contributed by atoms with Crippen LogP contribution in [0.2, 0.25) is 0 Å². The number of carbonyl (C=O) groups is 1. The summed E-state index contributed by atoms with van der Waals surface area (Å²) in [6.45, 7) is 2.04. The zero-order valence-corrected chi connectivity index (χ0v) is 6.74. The first-order valence-corrected chi connectivity index (χ1v) is 4.19. The van der Waals surface area contributed by atoms with Gasteiger partial charge in [0.05, 0.1) is 6.42 Å². The minimum Gasteiger partial charge on any atom is -0.356 e. The van der Waals surface area contributed by atoms with Gasteiger partial charge in [0.25, 0.3) is 0 Å². The summed E-state index contributed by atoms with van der Waals surface area (Å²) in [5.74, 6) is 6.22. The van der Waals surface area contributed by atoms with Crippen LogP contribution in [0.15, 0.2) is 0 Å². The SMILES string of the molecule is CCSCCC(=O)ONN. The molecule has 10 heavy (non-hydrogen) atoms. The molecule has 0 aliphatic carbocycles. The highest BCUT2D eigenvalue weighted by Crippen LogP contribution is 2.00. The van der Waals surface area contributed by atoms with Crippen molar-refractivity contribution in [3.8, 4) is 0 Å². The molecular weight excluding hydrogens is 152 g/mol. The third-order valence-corrected chi connectivity index (χ3v) is 1.73.